The van der Waals surface area contributed by atoms with Gasteiger partial charge in [0.05, 0.1) is 39.6 Å². The summed E-state index contributed by atoms with van der Waals surface area (Å²) in [5.41, 5.74) is -1.29. The highest BCUT2D eigenvalue weighted by atomic mass is 16.5. The molecule has 0 fully saturated rings. The molecule has 10 nitrogen and oxygen atoms in total. The number of hydrogen-bond donors (Lipinski definition) is 2. The van der Waals surface area contributed by atoms with Crippen LogP contribution in [0.2, 0.25) is 0 Å². The Labute approximate surface area is 205 Å². The summed E-state index contributed by atoms with van der Waals surface area (Å²) < 4.78 is 20.5. The molecule has 36 heavy (non-hydrogen) atoms. The first-order chi connectivity index (χ1) is 17.2. The molecule has 186 valence electrons. The van der Waals surface area contributed by atoms with Crippen LogP contribution >= 0.6 is 0 Å². The lowest BCUT2D eigenvalue weighted by Crippen LogP contribution is -2.18. The zero-order valence-electron chi connectivity index (χ0n) is 19.8. The maximum absolute atomic E-state index is 12.9. The molecule has 3 aromatic rings. The molecule has 10 heteroatoms. The third kappa shape index (κ3) is 4.83. The molecule has 0 amide bonds. The van der Waals surface area contributed by atoms with E-state index in [2.05, 4.69) is 0 Å². The highest BCUT2D eigenvalue weighted by Gasteiger charge is 2.28. The number of hydrogen-bond acceptors (Lipinski definition) is 10. The van der Waals surface area contributed by atoms with Crippen molar-refractivity contribution in [1.29, 1.82) is 0 Å². The first-order valence-corrected chi connectivity index (χ1v) is 10.3. The van der Waals surface area contributed by atoms with E-state index < -0.39 is 45.8 Å². The van der Waals surface area contributed by atoms with E-state index in [1.807, 2.05) is 0 Å². The van der Waals surface area contributed by atoms with Gasteiger partial charge < -0.3 is 29.2 Å². The maximum atomic E-state index is 12.9. The van der Waals surface area contributed by atoms with Crippen LogP contribution in [-0.2, 0) is 0 Å². The van der Waals surface area contributed by atoms with E-state index in [4.69, 9.17) is 18.9 Å². The van der Waals surface area contributed by atoms with Crippen LogP contribution in [0.3, 0.4) is 0 Å². The van der Waals surface area contributed by atoms with E-state index in [-0.39, 0.29) is 22.6 Å². The van der Waals surface area contributed by atoms with Gasteiger partial charge in [0, 0.05) is 17.2 Å². The molecule has 0 heterocycles. The Kier molecular flexibility index (Phi) is 7.58. The Balaban J connectivity index is 1.98. The van der Waals surface area contributed by atoms with Crippen LogP contribution in [-0.4, -0.2) is 61.8 Å². The normalized spacial score (nSPS) is 10.3. The molecule has 3 rings (SSSR count). The summed E-state index contributed by atoms with van der Waals surface area (Å²) in [5.74, 6) is -4.85. The number of ketones is 4. The second-order valence-corrected chi connectivity index (χ2v) is 7.34. The predicted molar refractivity (Wildman–Crippen MR) is 126 cm³/mol. The van der Waals surface area contributed by atoms with Crippen LogP contribution < -0.4 is 18.9 Å². The molecular weight excluding hydrogens is 472 g/mol. The zero-order valence-corrected chi connectivity index (χ0v) is 19.8. The monoisotopic (exact) mass is 494 g/mol. The van der Waals surface area contributed by atoms with Gasteiger partial charge in [-0.15, -0.1) is 0 Å². The molecule has 0 saturated carbocycles. The lowest BCUT2D eigenvalue weighted by molar-refractivity contribution is 0.0810. The largest absolute Gasteiger partial charge is 0.507 e. The Hall–Kier alpha value is -4.86. The molecule has 0 aliphatic rings. The number of benzene rings is 3. The topological polar surface area (TPSA) is 146 Å². The van der Waals surface area contributed by atoms with Crippen molar-refractivity contribution in [2.75, 3.05) is 28.4 Å². The van der Waals surface area contributed by atoms with Crippen molar-refractivity contribution in [3.8, 4) is 34.5 Å². The lowest BCUT2D eigenvalue weighted by Gasteiger charge is -2.11. The van der Waals surface area contributed by atoms with E-state index >= 15 is 0 Å². The second-order valence-electron chi connectivity index (χ2n) is 7.34. The van der Waals surface area contributed by atoms with Crippen LogP contribution in [0.25, 0.3) is 0 Å². The Morgan fingerprint density at radius 3 is 1.19 bits per heavy atom. The maximum Gasteiger partial charge on any atom is 0.237 e. The van der Waals surface area contributed by atoms with Gasteiger partial charge >= 0.3 is 0 Å². The molecule has 0 bridgehead atoms. The number of ether oxygens (including phenoxy) is 4. The predicted octanol–water partition coefficient (Wildman–Crippen LogP) is 3.26. The standard InChI is InChI=1S/C26H22O10/c1-33-19-7-5-13(9-21(19)35-3)23(29)25(31)15-11-16(18(28)12-17(15)27)26(32)24(30)14-6-8-20(34-2)22(10-14)36-4/h5-12,27-28H,1-4H3. The van der Waals surface area contributed by atoms with Gasteiger partial charge in [-0.2, -0.15) is 0 Å². The summed E-state index contributed by atoms with van der Waals surface area (Å²) in [5, 5.41) is 20.4. The quantitative estimate of drug-likeness (QED) is 0.318. The van der Waals surface area contributed by atoms with Crippen molar-refractivity contribution in [2.45, 2.75) is 0 Å². The molecule has 0 saturated heterocycles. The van der Waals surface area contributed by atoms with E-state index in [1.54, 1.807) is 0 Å². The summed E-state index contributed by atoms with van der Waals surface area (Å²) >= 11 is 0. The molecule has 0 atom stereocenters. The van der Waals surface area contributed by atoms with Gasteiger partial charge in [0.2, 0.25) is 23.1 Å². The highest BCUT2D eigenvalue weighted by molar-refractivity contribution is 6.52. The number of phenolic OH excluding ortho intramolecular Hbond substituents is 2. The van der Waals surface area contributed by atoms with Crippen LogP contribution in [0.5, 0.6) is 34.5 Å². The van der Waals surface area contributed by atoms with Gasteiger partial charge in [-0.3, -0.25) is 19.2 Å². The third-order valence-electron chi connectivity index (χ3n) is 5.31. The van der Waals surface area contributed by atoms with Crippen LogP contribution in [0, 0.1) is 0 Å². The summed E-state index contributed by atoms with van der Waals surface area (Å²) in [7, 11) is 5.52. The fourth-order valence-electron chi connectivity index (χ4n) is 3.40. The van der Waals surface area contributed by atoms with Crippen molar-refractivity contribution >= 4 is 23.1 Å². The van der Waals surface area contributed by atoms with E-state index in [0.29, 0.717) is 17.6 Å². The fourth-order valence-corrected chi connectivity index (χ4v) is 3.40. The fraction of sp³-hybridized carbons (Fsp3) is 0.154. The second kappa shape index (κ2) is 10.6. The van der Waals surface area contributed by atoms with Crippen molar-refractivity contribution in [3.05, 3.63) is 70.8 Å². The van der Waals surface area contributed by atoms with Gasteiger partial charge in [-0.05, 0) is 42.5 Å². The SMILES string of the molecule is COc1ccc(C(=O)C(=O)c2cc(C(=O)C(=O)c3ccc(OC)c(OC)c3)c(O)cc2O)cc1OC. The van der Waals surface area contributed by atoms with Crippen molar-refractivity contribution in [1.82, 2.24) is 0 Å². The number of rotatable bonds is 10. The van der Waals surface area contributed by atoms with Gasteiger partial charge in [0.25, 0.3) is 0 Å². The van der Waals surface area contributed by atoms with E-state index in [9.17, 15) is 29.4 Å². The van der Waals surface area contributed by atoms with Crippen LogP contribution in [0.4, 0.5) is 0 Å². The molecule has 0 radical (unpaired) electrons. The highest BCUT2D eigenvalue weighted by Crippen LogP contribution is 2.33. The number of carbonyl (C=O) groups is 4. The minimum Gasteiger partial charge on any atom is -0.507 e. The number of aromatic hydroxyl groups is 2. The molecule has 0 unspecified atom stereocenters. The zero-order chi connectivity index (χ0) is 26.6. The number of carbonyl (C=O) groups excluding carboxylic acids is 4. The number of Topliss-reactive ketones (excluding diaryl/α,β-unsaturated/α-hetero) is 4. The van der Waals surface area contributed by atoms with Crippen molar-refractivity contribution in [3.63, 3.8) is 0 Å². The van der Waals surface area contributed by atoms with Crippen molar-refractivity contribution in [2.24, 2.45) is 0 Å². The van der Waals surface area contributed by atoms with Crippen LogP contribution in [0.15, 0.2) is 48.5 Å². The summed E-state index contributed by atoms with van der Waals surface area (Å²) in [6, 6.07) is 9.57. The van der Waals surface area contributed by atoms with Crippen LogP contribution in [0.1, 0.15) is 41.4 Å². The smallest absolute Gasteiger partial charge is 0.237 e. The first kappa shape index (κ1) is 25.8. The summed E-state index contributed by atoms with van der Waals surface area (Å²) in [4.78, 5) is 51.5. The van der Waals surface area contributed by atoms with E-state index in [0.717, 1.165) is 6.07 Å². The van der Waals surface area contributed by atoms with Gasteiger partial charge in [-0.1, -0.05) is 0 Å². The Bertz CT molecular complexity index is 1270. The summed E-state index contributed by atoms with van der Waals surface area (Å²) in [6.45, 7) is 0. The lowest BCUT2D eigenvalue weighted by atomic mass is 9.94. The Morgan fingerprint density at radius 2 is 0.861 bits per heavy atom. The molecule has 0 aliphatic heterocycles. The average Bonchev–Trinajstić information content (AvgIpc) is 2.90. The molecule has 0 aromatic heterocycles. The molecule has 0 spiro atoms. The number of phenols is 2. The first-order valence-electron chi connectivity index (χ1n) is 10.3. The molecular formula is C26H22O10. The minimum atomic E-state index is -1.17. The van der Waals surface area contributed by atoms with Gasteiger partial charge in [0.1, 0.15) is 11.5 Å². The van der Waals surface area contributed by atoms with Crippen molar-refractivity contribution < 1.29 is 48.3 Å². The van der Waals surface area contributed by atoms with Gasteiger partial charge in [-0.25, -0.2) is 0 Å². The summed E-state index contributed by atoms with van der Waals surface area (Å²) in [6.07, 6.45) is 0. The number of methoxy groups -OCH3 is 4. The molecule has 3 aromatic carbocycles. The molecule has 2 N–H and O–H groups in total. The van der Waals surface area contributed by atoms with Gasteiger partial charge in [0.15, 0.2) is 23.0 Å². The Morgan fingerprint density at radius 1 is 0.500 bits per heavy atom. The third-order valence-corrected chi connectivity index (χ3v) is 5.31. The van der Waals surface area contributed by atoms with E-state index in [1.165, 1.54) is 64.8 Å². The molecule has 0 aliphatic carbocycles. The average molecular weight is 494 g/mol. The minimum absolute atomic E-state index is 0.0700.